The van der Waals surface area contributed by atoms with Crippen molar-refractivity contribution >= 4 is 79.1 Å². The molecule has 0 bridgehead atoms. The number of carboxylic acid groups (broad SMARTS) is 1. The normalized spacial score (nSPS) is 16.6. The van der Waals surface area contributed by atoms with Crippen molar-refractivity contribution in [2.75, 3.05) is 6.61 Å². The van der Waals surface area contributed by atoms with E-state index in [4.69, 9.17) is 9.84 Å². The van der Waals surface area contributed by atoms with Gasteiger partial charge in [-0.15, -0.1) is 0 Å². The van der Waals surface area contributed by atoms with Crippen LogP contribution in [-0.2, 0) is 9.59 Å². The van der Waals surface area contributed by atoms with E-state index in [1.807, 2.05) is 24.3 Å². The van der Waals surface area contributed by atoms with Crippen molar-refractivity contribution in [2.45, 2.75) is 0 Å². The number of amidine groups is 1. The van der Waals surface area contributed by atoms with E-state index in [-0.39, 0.29) is 5.91 Å². The Hall–Kier alpha value is -1.85. The fraction of sp³-hybridized carbons (Fsp3) is 0.0556. The Balaban J connectivity index is 1.87. The van der Waals surface area contributed by atoms with Crippen LogP contribution in [0.25, 0.3) is 6.08 Å². The van der Waals surface area contributed by atoms with Gasteiger partial charge in [0.15, 0.2) is 11.8 Å². The maximum Gasteiger partial charge on any atom is 0.341 e. The van der Waals surface area contributed by atoms with Crippen molar-refractivity contribution in [1.82, 2.24) is 5.32 Å². The van der Waals surface area contributed by atoms with Crippen molar-refractivity contribution in [3.63, 3.8) is 0 Å². The average Bonchev–Trinajstić information content (AvgIpc) is 2.96. The second-order valence-corrected chi connectivity index (χ2v) is 8.41. The minimum atomic E-state index is -1.08. The van der Waals surface area contributed by atoms with Gasteiger partial charge in [-0.05, 0) is 64.7 Å². The van der Waals surface area contributed by atoms with Gasteiger partial charge in [-0.25, -0.2) is 9.79 Å². The third-order valence-electron chi connectivity index (χ3n) is 3.34. The van der Waals surface area contributed by atoms with Crippen LogP contribution in [0.2, 0.25) is 0 Å². The summed E-state index contributed by atoms with van der Waals surface area (Å²) in [6, 6.07) is 12.8. The minimum absolute atomic E-state index is 0.267. The summed E-state index contributed by atoms with van der Waals surface area (Å²) in [5.74, 6) is -0.971. The molecule has 2 aromatic carbocycles. The molecule has 2 aromatic rings. The number of amides is 1. The average molecular weight is 559 g/mol. The summed E-state index contributed by atoms with van der Waals surface area (Å²) < 4.78 is 7.04. The topological polar surface area (TPSA) is 88.0 Å². The highest BCUT2D eigenvalue weighted by atomic mass is 127. The highest BCUT2D eigenvalue weighted by molar-refractivity contribution is 14.1. The quantitative estimate of drug-likeness (QED) is 0.419. The molecule has 2 N–H and O–H groups in total. The van der Waals surface area contributed by atoms with Crippen molar-refractivity contribution < 1.29 is 19.4 Å². The number of hydrogen-bond acceptors (Lipinski definition) is 5. The van der Waals surface area contributed by atoms with E-state index in [1.165, 1.54) is 11.8 Å². The van der Waals surface area contributed by atoms with Crippen LogP contribution in [0.3, 0.4) is 0 Å². The molecule has 1 aliphatic heterocycles. The maximum atomic E-state index is 12.3. The molecule has 3 rings (SSSR count). The number of hydrogen-bond donors (Lipinski definition) is 2. The molecule has 138 valence electrons. The van der Waals surface area contributed by atoms with Crippen LogP contribution >= 0.6 is 50.3 Å². The number of halogens is 2. The number of rotatable bonds is 5. The number of carbonyl (C=O) groups is 2. The van der Waals surface area contributed by atoms with Gasteiger partial charge in [0.1, 0.15) is 5.75 Å². The molecule has 6 nitrogen and oxygen atoms in total. The lowest BCUT2D eigenvalue weighted by Gasteiger charge is -2.08. The summed E-state index contributed by atoms with van der Waals surface area (Å²) in [7, 11) is 0. The summed E-state index contributed by atoms with van der Waals surface area (Å²) in [5, 5.41) is 12.0. The molecule has 0 spiro atoms. The lowest BCUT2D eigenvalue weighted by atomic mass is 10.2. The first kappa shape index (κ1) is 19.9. The van der Waals surface area contributed by atoms with Gasteiger partial charge >= 0.3 is 5.97 Å². The Kier molecular flexibility index (Phi) is 6.55. The Morgan fingerprint density at radius 3 is 2.85 bits per heavy atom. The number of carboxylic acids is 1. The molecule has 1 saturated heterocycles. The molecule has 1 amide bonds. The van der Waals surface area contributed by atoms with Gasteiger partial charge in [0, 0.05) is 13.6 Å². The van der Waals surface area contributed by atoms with Crippen molar-refractivity contribution in [3.8, 4) is 5.75 Å². The minimum Gasteiger partial charge on any atom is -0.481 e. The van der Waals surface area contributed by atoms with E-state index in [0.717, 1.165) is 13.7 Å². The predicted molar refractivity (Wildman–Crippen MR) is 117 cm³/mol. The van der Waals surface area contributed by atoms with Crippen LogP contribution in [0.5, 0.6) is 5.75 Å². The second kappa shape index (κ2) is 8.89. The highest BCUT2D eigenvalue weighted by Crippen LogP contribution is 2.32. The third kappa shape index (κ3) is 5.33. The third-order valence-corrected chi connectivity index (χ3v) is 5.65. The van der Waals surface area contributed by atoms with Crippen molar-refractivity contribution in [3.05, 3.63) is 61.0 Å². The van der Waals surface area contributed by atoms with Gasteiger partial charge < -0.3 is 15.2 Å². The van der Waals surface area contributed by atoms with Gasteiger partial charge in [-0.3, -0.25) is 4.79 Å². The molecule has 1 fully saturated rings. The first-order valence-electron chi connectivity index (χ1n) is 7.60. The van der Waals surface area contributed by atoms with Gasteiger partial charge in [0.25, 0.3) is 5.91 Å². The molecular formula is C18H12BrIN2O4S. The van der Waals surface area contributed by atoms with E-state index >= 15 is 0 Å². The predicted octanol–water partition coefficient (Wildman–Crippen LogP) is 4.41. The first-order chi connectivity index (χ1) is 12.9. The summed E-state index contributed by atoms with van der Waals surface area (Å²) in [4.78, 5) is 28.0. The van der Waals surface area contributed by atoms with Crippen LogP contribution in [0.1, 0.15) is 5.56 Å². The van der Waals surface area contributed by atoms with Gasteiger partial charge in [-0.1, -0.05) is 34.1 Å². The van der Waals surface area contributed by atoms with Gasteiger partial charge in [0.05, 0.1) is 10.6 Å². The Morgan fingerprint density at radius 2 is 2.11 bits per heavy atom. The largest absolute Gasteiger partial charge is 0.481 e. The maximum absolute atomic E-state index is 12.3. The number of thioether (sulfide) groups is 1. The first-order valence-corrected chi connectivity index (χ1v) is 10.3. The number of aliphatic carboxylic acids is 1. The van der Waals surface area contributed by atoms with E-state index in [9.17, 15) is 9.59 Å². The Labute approximate surface area is 181 Å². The molecule has 0 radical (unpaired) electrons. The van der Waals surface area contributed by atoms with Crippen LogP contribution in [-0.4, -0.2) is 28.8 Å². The van der Waals surface area contributed by atoms with E-state index in [1.54, 1.807) is 24.3 Å². The molecule has 9 heteroatoms. The molecule has 27 heavy (non-hydrogen) atoms. The summed E-state index contributed by atoms with van der Waals surface area (Å²) in [6.07, 6.45) is 1.65. The number of nitrogens with one attached hydrogen (secondary N) is 1. The molecule has 0 aromatic heterocycles. The van der Waals surface area contributed by atoms with E-state index in [2.05, 4.69) is 48.8 Å². The summed E-state index contributed by atoms with van der Waals surface area (Å²) >= 11 is 6.73. The molecule has 0 unspecified atom stereocenters. The standard InChI is InChI=1S/C18H12BrIN2O4S/c19-11-6-5-10(14(8-11)26-9-16(23)24)7-15-17(25)22-18(27-15)21-13-4-2-1-3-12(13)20/h1-8H,9H2,(H,23,24)(H,21,22,25)/b15-7+. The fourth-order valence-corrected chi connectivity index (χ4v) is 3.84. The van der Waals surface area contributed by atoms with E-state index < -0.39 is 12.6 Å². The Bertz CT molecular complexity index is 978. The van der Waals surface area contributed by atoms with Crippen LogP contribution < -0.4 is 10.1 Å². The van der Waals surface area contributed by atoms with Crippen LogP contribution in [0, 0.1) is 3.57 Å². The molecule has 1 heterocycles. The number of para-hydroxylation sites is 1. The van der Waals surface area contributed by atoms with Crippen LogP contribution in [0.4, 0.5) is 5.69 Å². The monoisotopic (exact) mass is 558 g/mol. The smallest absolute Gasteiger partial charge is 0.341 e. The number of ether oxygens (including phenoxy) is 1. The molecular weight excluding hydrogens is 547 g/mol. The molecule has 0 atom stereocenters. The second-order valence-electron chi connectivity index (χ2n) is 5.30. The highest BCUT2D eigenvalue weighted by Gasteiger charge is 2.24. The Morgan fingerprint density at radius 1 is 1.33 bits per heavy atom. The number of benzene rings is 2. The van der Waals surface area contributed by atoms with Crippen molar-refractivity contribution in [2.24, 2.45) is 4.99 Å². The summed E-state index contributed by atoms with van der Waals surface area (Å²) in [6.45, 7) is -0.467. The van der Waals surface area contributed by atoms with Gasteiger partial charge in [-0.2, -0.15) is 0 Å². The van der Waals surface area contributed by atoms with Crippen LogP contribution in [0.15, 0.2) is 56.8 Å². The van der Waals surface area contributed by atoms with E-state index in [0.29, 0.717) is 21.4 Å². The lowest BCUT2D eigenvalue weighted by Crippen LogP contribution is -2.19. The zero-order valence-corrected chi connectivity index (χ0v) is 18.2. The molecule has 0 saturated carbocycles. The van der Waals surface area contributed by atoms with Crippen molar-refractivity contribution in [1.29, 1.82) is 0 Å². The molecule has 1 aliphatic rings. The fourth-order valence-electron chi connectivity index (χ4n) is 2.17. The summed E-state index contributed by atoms with van der Waals surface area (Å²) in [5.41, 5.74) is 1.38. The number of carbonyl (C=O) groups excluding carboxylic acids is 1. The number of aliphatic imine (C=N–C) groups is 1. The lowest BCUT2D eigenvalue weighted by molar-refractivity contribution is -0.139. The van der Waals surface area contributed by atoms with Gasteiger partial charge in [0.2, 0.25) is 0 Å². The zero-order valence-electron chi connectivity index (χ0n) is 13.6. The molecule has 0 aliphatic carbocycles. The zero-order chi connectivity index (χ0) is 19.4. The number of nitrogens with zero attached hydrogens (tertiary/aromatic N) is 1. The SMILES string of the molecule is O=C(O)COc1cc(Br)ccc1/C=C1/SC(=Nc2ccccc2I)NC1=O.